The largest absolute Gasteiger partial charge is 0.503 e. The molecule has 1 amide bonds. The molecule has 0 radical (unpaired) electrons. The molecule has 1 aliphatic rings. The van der Waals surface area contributed by atoms with E-state index in [1.807, 2.05) is 42.5 Å². The predicted octanol–water partition coefficient (Wildman–Crippen LogP) is 5.35. The van der Waals surface area contributed by atoms with Crippen LogP contribution in [0.4, 0.5) is 0 Å². The molecule has 4 heteroatoms. The minimum Gasteiger partial charge on any atom is -0.503 e. The molecule has 0 unspecified atom stereocenters. The molecule has 0 saturated heterocycles. The van der Waals surface area contributed by atoms with Gasteiger partial charge in [0.2, 0.25) is 0 Å². The Bertz CT molecular complexity index is 1070. The first kappa shape index (κ1) is 20.7. The van der Waals surface area contributed by atoms with Crippen LogP contribution < -0.4 is 4.74 Å². The summed E-state index contributed by atoms with van der Waals surface area (Å²) in [6.07, 6.45) is 1.67. The van der Waals surface area contributed by atoms with Gasteiger partial charge in [-0.3, -0.25) is 4.79 Å². The van der Waals surface area contributed by atoms with Gasteiger partial charge in [0.05, 0.1) is 13.2 Å². The van der Waals surface area contributed by atoms with Crippen molar-refractivity contribution in [1.82, 2.24) is 4.90 Å². The van der Waals surface area contributed by atoms with Crippen LogP contribution >= 0.6 is 0 Å². The number of methoxy groups -OCH3 is 1. The fourth-order valence-corrected chi connectivity index (χ4v) is 4.13. The van der Waals surface area contributed by atoms with Gasteiger partial charge in [-0.25, -0.2) is 0 Å². The van der Waals surface area contributed by atoms with Crippen molar-refractivity contribution in [2.45, 2.75) is 25.8 Å². The first-order valence-electron chi connectivity index (χ1n) is 10.6. The lowest BCUT2D eigenvalue weighted by Gasteiger charge is -2.27. The van der Waals surface area contributed by atoms with Gasteiger partial charge < -0.3 is 14.7 Å². The molecule has 1 heterocycles. The fraction of sp³-hybridized carbons (Fsp3) is 0.222. The molecule has 0 bridgehead atoms. The van der Waals surface area contributed by atoms with Crippen LogP contribution in [0.5, 0.6) is 5.75 Å². The summed E-state index contributed by atoms with van der Waals surface area (Å²) in [5.74, 6) is 0.229. The molecule has 1 aliphatic heterocycles. The molecule has 3 aromatic carbocycles. The monoisotopic (exact) mass is 413 g/mol. The lowest BCUT2D eigenvalue weighted by molar-refractivity contribution is -0.129. The quantitative estimate of drug-likeness (QED) is 0.568. The molecule has 0 spiro atoms. The van der Waals surface area contributed by atoms with Crippen molar-refractivity contribution in [1.29, 1.82) is 0 Å². The summed E-state index contributed by atoms with van der Waals surface area (Å²) in [4.78, 5) is 14.9. The van der Waals surface area contributed by atoms with Crippen LogP contribution in [-0.4, -0.2) is 29.6 Å². The molecule has 31 heavy (non-hydrogen) atoms. The number of aliphatic hydroxyl groups excluding tert-OH is 1. The molecule has 0 fully saturated rings. The minimum absolute atomic E-state index is 0.178. The van der Waals surface area contributed by atoms with Gasteiger partial charge in [-0.1, -0.05) is 73.7 Å². The summed E-state index contributed by atoms with van der Waals surface area (Å²) >= 11 is 0. The van der Waals surface area contributed by atoms with Gasteiger partial charge >= 0.3 is 0 Å². The average molecular weight is 414 g/mol. The molecule has 4 nitrogen and oxygen atoms in total. The van der Waals surface area contributed by atoms with E-state index in [-0.39, 0.29) is 17.7 Å². The van der Waals surface area contributed by atoms with Crippen LogP contribution in [-0.2, 0) is 17.6 Å². The van der Waals surface area contributed by atoms with Gasteiger partial charge in [0.15, 0.2) is 5.76 Å². The number of hydrogen-bond donors (Lipinski definition) is 1. The number of ether oxygens (including phenoxy) is 1. The normalized spacial score (nSPS) is 16.1. The average Bonchev–Trinajstić information content (AvgIpc) is 3.08. The SMILES string of the molecule is CCc1ccc([C@@H]2C(c3ccc(OC)cc3)=C(O)C(=O)N2CCc2ccccc2)cc1. The zero-order chi connectivity index (χ0) is 21.8. The van der Waals surface area contributed by atoms with Crippen LogP contribution in [0.25, 0.3) is 5.57 Å². The number of nitrogens with zero attached hydrogens (tertiary/aromatic N) is 1. The van der Waals surface area contributed by atoms with Crippen LogP contribution in [0, 0.1) is 0 Å². The minimum atomic E-state index is -0.337. The van der Waals surface area contributed by atoms with Gasteiger partial charge in [-0.15, -0.1) is 0 Å². The highest BCUT2D eigenvalue weighted by Gasteiger charge is 2.40. The number of rotatable bonds is 7. The highest BCUT2D eigenvalue weighted by atomic mass is 16.5. The number of carbonyl (C=O) groups excluding carboxylic acids is 1. The van der Waals surface area contributed by atoms with Crippen molar-refractivity contribution in [2.24, 2.45) is 0 Å². The molecule has 0 saturated carbocycles. The smallest absolute Gasteiger partial charge is 0.289 e. The van der Waals surface area contributed by atoms with E-state index in [4.69, 9.17) is 4.74 Å². The van der Waals surface area contributed by atoms with Crippen molar-refractivity contribution in [3.63, 3.8) is 0 Å². The zero-order valence-corrected chi connectivity index (χ0v) is 17.9. The van der Waals surface area contributed by atoms with E-state index in [2.05, 4.69) is 43.3 Å². The summed E-state index contributed by atoms with van der Waals surface area (Å²) in [7, 11) is 1.62. The van der Waals surface area contributed by atoms with E-state index in [0.717, 1.165) is 35.3 Å². The molecule has 1 N–H and O–H groups in total. The Hall–Kier alpha value is -3.53. The zero-order valence-electron chi connectivity index (χ0n) is 17.9. The second-order valence-electron chi connectivity index (χ2n) is 7.72. The van der Waals surface area contributed by atoms with Crippen LogP contribution in [0.15, 0.2) is 84.6 Å². The first-order chi connectivity index (χ1) is 15.1. The third-order valence-electron chi connectivity index (χ3n) is 5.89. The summed E-state index contributed by atoms with van der Waals surface area (Å²) in [6.45, 7) is 2.64. The van der Waals surface area contributed by atoms with Gasteiger partial charge in [-0.05, 0) is 47.2 Å². The Morgan fingerprint density at radius 2 is 1.58 bits per heavy atom. The molecular weight excluding hydrogens is 386 g/mol. The van der Waals surface area contributed by atoms with Gasteiger partial charge in [0.1, 0.15) is 5.75 Å². The van der Waals surface area contributed by atoms with Gasteiger partial charge in [-0.2, -0.15) is 0 Å². The Kier molecular flexibility index (Phi) is 6.08. The standard InChI is InChI=1S/C27H27NO3/c1-3-19-9-11-22(12-10-19)25-24(21-13-15-23(31-2)16-14-21)26(29)27(30)28(25)18-17-20-7-5-4-6-8-20/h4-16,25,29H,3,17-18H2,1-2H3/t25-/m1/s1. The van der Waals surface area contributed by atoms with Gasteiger partial charge in [0, 0.05) is 12.1 Å². The van der Waals surface area contributed by atoms with E-state index in [9.17, 15) is 9.90 Å². The maximum atomic E-state index is 13.1. The number of aliphatic hydroxyl groups is 1. The maximum absolute atomic E-state index is 13.1. The first-order valence-corrected chi connectivity index (χ1v) is 10.6. The van der Waals surface area contributed by atoms with Crippen LogP contribution in [0.3, 0.4) is 0 Å². The van der Waals surface area contributed by atoms with Crippen molar-refractivity contribution in [3.05, 3.63) is 107 Å². The number of amides is 1. The second kappa shape index (κ2) is 9.09. The Morgan fingerprint density at radius 3 is 2.19 bits per heavy atom. The lowest BCUT2D eigenvalue weighted by atomic mass is 9.92. The second-order valence-corrected chi connectivity index (χ2v) is 7.72. The van der Waals surface area contributed by atoms with Crippen molar-refractivity contribution >= 4 is 11.5 Å². The molecular formula is C27H27NO3. The highest BCUT2D eigenvalue weighted by Crippen LogP contribution is 2.43. The number of benzene rings is 3. The summed E-state index contributed by atoms with van der Waals surface area (Å²) in [5.41, 5.74) is 4.85. The third kappa shape index (κ3) is 4.19. The lowest BCUT2D eigenvalue weighted by Crippen LogP contribution is -2.32. The topological polar surface area (TPSA) is 49.8 Å². The number of carbonyl (C=O) groups is 1. The molecule has 1 atom stereocenters. The third-order valence-corrected chi connectivity index (χ3v) is 5.89. The van der Waals surface area contributed by atoms with Crippen LogP contribution in [0.2, 0.25) is 0 Å². The van der Waals surface area contributed by atoms with Crippen LogP contribution in [0.1, 0.15) is 35.2 Å². The van der Waals surface area contributed by atoms with E-state index in [1.165, 1.54) is 5.56 Å². The van der Waals surface area contributed by atoms with E-state index >= 15 is 0 Å². The molecule has 4 rings (SSSR count). The maximum Gasteiger partial charge on any atom is 0.289 e. The molecule has 3 aromatic rings. The van der Waals surface area contributed by atoms with Crippen molar-refractivity contribution < 1.29 is 14.6 Å². The van der Waals surface area contributed by atoms with E-state index in [0.29, 0.717) is 12.1 Å². The summed E-state index contributed by atoms with van der Waals surface area (Å²) in [5, 5.41) is 10.9. The van der Waals surface area contributed by atoms with Gasteiger partial charge in [0.25, 0.3) is 5.91 Å². The highest BCUT2D eigenvalue weighted by molar-refractivity contribution is 6.05. The summed E-state index contributed by atoms with van der Waals surface area (Å²) < 4.78 is 5.27. The van der Waals surface area contributed by atoms with Crippen molar-refractivity contribution in [3.8, 4) is 5.75 Å². The Labute approximate surface area is 183 Å². The van der Waals surface area contributed by atoms with E-state index in [1.54, 1.807) is 12.0 Å². The fourth-order valence-electron chi connectivity index (χ4n) is 4.13. The number of hydrogen-bond acceptors (Lipinski definition) is 3. The predicted molar refractivity (Wildman–Crippen MR) is 123 cm³/mol. The molecule has 0 aromatic heterocycles. The number of aryl methyl sites for hydroxylation is 1. The van der Waals surface area contributed by atoms with E-state index < -0.39 is 0 Å². The molecule has 0 aliphatic carbocycles. The van der Waals surface area contributed by atoms with Crippen molar-refractivity contribution in [2.75, 3.05) is 13.7 Å². The summed E-state index contributed by atoms with van der Waals surface area (Å²) in [6, 6.07) is 25.6. The molecule has 158 valence electrons. The Balaban J connectivity index is 1.72. The Morgan fingerprint density at radius 1 is 0.903 bits per heavy atom.